The summed E-state index contributed by atoms with van der Waals surface area (Å²) in [5, 5.41) is 3.00. The van der Waals surface area contributed by atoms with Crippen LogP contribution >= 0.6 is 0 Å². The van der Waals surface area contributed by atoms with Gasteiger partial charge in [0, 0.05) is 6.54 Å². The molecule has 1 heterocycles. The molecule has 0 saturated heterocycles. The van der Waals surface area contributed by atoms with E-state index in [0.29, 0.717) is 12.5 Å². The SMILES string of the molecule is COc1cccc(CNc2ncc(F)cn2)c1. The molecule has 4 nitrogen and oxygen atoms in total. The van der Waals surface area contributed by atoms with Crippen molar-refractivity contribution in [3.63, 3.8) is 0 Å². The highest BCUT2D eigenvalue weighted by molar-refractivity contribution is 5.32. The Bertz CT molecular complexity index is 487. The molecule has 0 unspecified atom stereocenters. The molecule has 0 aliphatic heterocycles. The van der Waals surface area contributed by atoms with E-state index in [0.717, 1.165) is 23.7 Å². The molecule has 0 atom stereocenters. The Morgan fingerprint density at radius 3 is 2.76 bits per heavy atom. The van der Waals surface area contributed by atoms with E-state index in [2.05, 4.69) is 15.3 Å². The number of methoxy groups -OCH3 is 1. The maximum Gasteiger partial charge on any atom is 0.223 e. The third kappa shape index (κ3) is 3.14. The van der Waals surface area contributed by atoms with Gasteiger partial charge in [0.25, 0.3) is 0 Å². The van der Waals surface area contributed by atoms with Gasteiger partial charge in [-0.15, -0.1) is 0 Å². The monoisotopic (exact) mass is 233 g/mol. The van der Waals surface area contributed by atoms with E-state index >= 15 is 0 Å². The Kier molecular flexibility index (Phi) is 3.49. The molecule has 0 amide bonds. The highest BCUT2D eigenvalue weighted by Gasteiger charge is 1.98. The average molecular weight is 233 g/mol. The average Bonchev–Trinajstić information content (AvgIpc) is 2.38. The zero-order valence-corrected chi connectivity index (χ0v) is 9.35. The first-order valence-corrected chi connectivity index (χ1v) is 5.12. The molecular weight excluding hydrogens is 221 g/mol. The standard InChI is InChI=1S/C12H12FN3O/c1-17-11-4-2-3-9(5-11)6-14-12-15-7-10(13)8-16-12/h2-5,7-8H,6H2,1H3,(H,14,15,16). The van der Waals surface area contributed by atoms with Gasteiger partial charge in [0.1, 0.15) is 5.75 Å². The summed E-state index contributed by atoms with van der Waals surface area (Å²) in [6.07, 6.45) is 2.25. The number of halogens is 1. The first-order valence-electron chi connectivity index (χ1n) is 5.12. The lowest BCUT2D eigenvalue weighted by Gasteiger charge is -2.06. The quantitative estimate of drug-likeness (QED) is 0.879. The fourth-order valence-electron chi connectivity index (χ4n) is 1.37. The second kappa shape index (κ2) is 5.25. The number of ether oxygens (including phenoxy) is 1. The number of hydrogen-bond acceptors (Lipinski definition) is 4. The van der Waals surface area contributed by atoms with E-state index in [1.807, 2.05) is 24.3 Å². The van der Waals surface area contributed by atoms with Crippen molar-refractivity contribution in [1.82, 2.24) is 9.97 Å². The lowest BCUT2D eigenvalue weighted by atomic mass is 10.2. The van der Waals surface area contributed by atoms with Crippen LogP contribution in [0.1, 0.15) is 5.56 Å². The summed E-state index contributed by atoms with van der Waals surface area (Å²) in [5.74, 6) is 0.746. The smallest absolute Gasteiger partial charge is 0.223 e. The van der Waals surface area contributed by atoms with Crippen LogP contribution in [0.25, 0.3) is 0 Å². The predicted molar refractivity (Wildman–Crippen MR) is 62.3 cm³/mol. The largest absolute Gasteiger partial charge is 0.497 e. The molecule has 1 aromatic heterocycles. The van der Waals surface area contributed by atoms with Crippen LogP contribution in [0.5, 0.6) is 5.75 Å². The zero-order chi connectivity index (χ0) is 12.1. The molecule has 0 radical (unpaired) electrons. The van der Waals surface area contributed by atoms with Crippen molar-refractivity contribution >= 4 is 5.95 Å². The number of nitrogens with zero attached hydrogens (tertiary/aromatic N) is 2. The van der Waals surface area contributed by atoms with Crippen molar-refractivity contribution in [3.8, 4) is 5.75 Å². The molecule has 0 bridgehead atoms. The third-order valence-corrected chi connectivity index (χ3v) is 2.21. The van der Waals surface area contributed by atoms with Crippen molar-refractivity contribution in [3.05, 3.63) is 48.0 Å². The van der Waals surface area contributed by atoms with Crippen LogP contribution in [0.3, 0.4) is 0 Å². The fraction of sp³-hybridized carbons (Fsp3) is 0.167. The minimum Gasteiger partial charge on any atom is -0.497 e. The van der Waals surface area contributed by atoms with E-state index in [1.54, 1.807) is 7.11 Å². The van der Waals surface area contributed by atoms with Crippen LogP contribution in [0, 0.1) is 5.82 Å². The minimum absolute atomic E-state index is 0.397. The van der Waals surface area contributed by atoms with Crippen LogP contribution in [0.4, 0.5) is 10.3 Å². The lowest BCUT2D eigenvalue weighted by molar-refractivity contribution is 0.414. The van der Waals surface area contributed by atoms with Crippen LogP contribution in [-0.2, 0) is 6.54 Å². The van der Waals surface area contributed by atoms with E-state index in [9.17, 15) is 4.39 Å². The van der Waals surface area contributed by atoms with E-state index in [1.165, 1.54) is 0 Å². The highest BCUT2D eigenvalue weighted by atomic mass is 19.1. The molecule has 0 spiro atoms. The first kappa shape index (κ1) is 11.3. The Hall–Kier alpha value is -2.17. The topological polar surface area (TPSA) is 47.0 Å². The molecule has 1 N–H and O–H groups in total. The van der Waals surface area contributed by atoms with Gasteiger partial charge in [0.15, 0.2) is 5.82 Å². The summed E-state index contributed by atoms with van der Waals surface area (Å²) in [6, 6.07) is 7.65. The first-order chi connectivity index (χ1) is 8.28. The Morgan fingerprint density at radius 1 is 1.29 bits per heavy atom. The maximum absolute atomic E-state index is 12.6. The fourth-order valence-corrected chi connectivity index (χ4v) is 1.37. The summed E-state index contributed by atoms with van der Waals surface area (Å²) in [5.41, 5.74) is 1.04. The molecule has 0 aliphatic rings. The predicted octanol–water partition coefficient (Wildman–Crippen LogP) is 2.24. The van der Waals surface area contributed by atoms with Crippen LogP contribution < -0.4 is 10.1 Å². The van der Waals surface area contributed by atoms with Gasteiger partial charge in [0.2, 0.25) is 5.95 Å². The van der Waals surface area contributed by atoms with Gasteiger partial charge in [-0.05, 0) is 17.7 Å². The molecule has 17 heavy (non-hydrogen) atoms. The molecule has 1 aromatic carbocycles. The maximum atomic E-state index is 12.6. The summed E-state index contributed by atoms with van der Waals surface area (Å²) >= 11 is 0. The van der Waals surface area contributed by atoms with Gasteiger partial charge in [-0.25, -0.2) is 14.4 Å². The molecule has 0 saturated carbocycles. The molecule has 0 aliphatic carbocycles. The summed E-state index contributed by atoms with van der Waals surface area (Å²) in [7, 11) is 1.62. The number of anilines is 1. The Labute approximate surface area is 98.5 Å². The third-order valence-electron chi connectivity index (χ3n) is 2.21. The van der Waals surface area contributed by atoms with Crippen LogP contribution in [0.15, 0.2) is 36.7 Å². The van der Waals surface area contributed by atoms with E-state index in [-0.39, 0.29) is 0 Å². The second-order valence-corrected chi connectivity index (χ2v) is 3.43. The highest BCUT2D eigenvalue weighted by Crippen LogP contribution is 2.13. The van der Waals surface area contributed by atoms with Crippen molar-refractivity contribution in [2.24, 2.45) is 0 Å². The van der Waals surface area contributed by atoms with Gasteiger partial charge in [-0.1, -0.05) is 12.1 Å². The van der Waals surface area contributed by atoms with Gasteiger partial charge >= 0.3 is 0 Å². The normalized spacial score (nSPS) is 10.0. The second-order valence-electron chi connectivity index (χ2n) is 3.43. The summed E-state index contributed by atoms with van der Waals surface area (Å²) in [4.78, 5) is 7.61. The molecule has 5 heteroatoms. The minimum atomic E-state index is -0.447. The number of rotatable bonds is 4. The number of hydrogen-bond donors (Lipinski definition) is 1. The van der Waals surface area contributed by atoms with Crippen molar-refractivity contribution in [2.45, 2.75) is 6.54 Å². The zero-order valence-electron chi connectivity index (χ0n) is 9.35. The number of aromatic nitrogens is 2. The van der Waals surface area contributed by atoms with Crippen molar-refractivity contribution < 1.29 is 9.13 Å². The van der Waals surface area contributed by atoms with Crippen molar-refractivity contribution in [1.29, 1.82) is 0 Å². The molecule has 2 aromatic rings. The van der Waals surface area contributed by atoms with Crippen molar-refractivity contribution in [2.75, 3.05) is 12.4 Å². The molecular formula is C12H12FN3O. The summed E-state index contributed by atoms with van der Waals surface area (Å²) < 4.78 is 17.7. The Morgan fingerprint density at radius 2 is 2.06 bits per heavy atom. The van der Waals surface area contributed by atoms with Gasteiger partial charge in [-0.3, -0.25) is 0 Å². The number of nitrogens with one attached hydrogen (secondary N) is 1. The molecule has 2 rings (SSSR count). The Balaban J connectivity index is 1.99. The van der Waals surface area contributed by atoms with E-state index < -0.39 is 5.82 Å². The lowest BCUT2D eigenvalue weighted by Crippen LogP contribution is -2.03. The van der Waals surface area contributed by atoms with Gasteiger partial charge < -0.3 is 10.1 Å². The van der Waals surface area contributed by atoms with Gasteiger partial charge in [0.05, 0.1) is 19.5 Å². The summed E-state index contributed by atoms with van der Waals surface area (Å²) in [6.45, 7) is 0.558. The van der Waals surface area contributed by atoms with E-state index in [4.69, 9.17) is 4.74 Å². The number of benzene rings is 1. The molecule has 88 valence electrons. The van der Waals surface area contributed by atoms with Crippen LogP contribution in [-0.4, -0.2) is 17.1 Å². The molecule has 0 fully saturated rings. The van der Waals surface area contributed by atoms with Crippen LogP contribution in [0.2, 0.25) is 0 Å². The van der Waals surface area contributed by atoms with Gasteiger partial charge in [-0.2, -0.15) is 0 Å².